The number of likely N-dealkylation sites (N-methyl/N-ethyl adjacent to an activating group) is 1. The van der Waals surface area contributed by atoms with Crippen LogP contribution in [0.4, 0.5) is 11.4 Å². The quantitative estimate of drug-likeness (QED) is 0.640. The maximum atomic E-state index is 11.7. The zero-order chi connectivity index (χ0) is 14.6. The van der Waals surface area contributed by atoms with Crippen molar-refractivity contribution in [2.75, 3.05) is 38.8 Å². The highest BCUT2D eigenvalue weighted by Gasteiger charge is 2.17. The molecule has 1 atom stereocenters. The van der Waals surface area contributed by atoms with Gasteiger partial charge in [0.25, 0.3) is 0 Å². The lowest BCUT2D eigenvalue weighted by molar-refractivity contribution is 0.0602. The van der Waals surface area contributed by atoms with Crippen LogP contribution in [0.25, 0.3) is 0 Å². The van der Waals surface area contributed by atoms with Crippen LogP contribution in [0.1, 0.15) is 17.3 Å². The maximum absolute atomic E-state index is 11.7. The van der Waals surface area contributed by atoms with Crippen LogP contribution in [-0.2, 0) is 4.74 Å². The summed E-state index contributed by atoms with van der Waals surface area (Å²) in [5.74, 6) is -0.464. The van der Waals surface area contributed by atoms with Crippen LogP contribution in [-0.4, -0.2) is 44.7 Å². The predicted octanol–water partition coefficient (Wildman–Crippen LogP) is 2.07. The summed E-state index contributed by atoms with van der Waals surface area (Å²) in [5.41, 5.74) is 7.02. The van der Waals surface area contributed by atoms with E-state index in [0.29, 0.717) is 34.5 Å². The number of carbonyl (C=O) groups is 1. The average Bonchev–Trinajstić information content (AvgIpc) is 2.35. The lowest BCUT2D eigenvalue weighted by atomic mass is 10.1. The Balaban J connectivity index is 3.01. The third-order valence-corrected chi connectivity index (χ3v) is 3.27. The van der Waals surface area contributed by atoms with Crippen LogP contribution in [0, 0.1) is 0 Å². The zero-order valence-corrected chi connectivity index (χ0v) is 12.4. The van der Waals surface area contributed by atoms with Gasteiger partial charge in [-0.05, 0) is 33.2 Å². The highest BCUT2D eigenvalue weighted by molar-refractivity contribution is 6.34. The van der Waals surface area contributed by atoms with E-state index in [4.69, 9.17) is 22.1 Å². The van der Waals surface area contributed by atoms with Gasteiger partial charge in [0.05, 0.1) is 23.4 Å². The molecule has 0 aromatic heterocycles. The molecule has 6 heteroatoms. The molecule has 0 amide bonds. The Morgan fingerprint density at radius 3 is 2.68 bits per heavy atom. The first-order chi connectivity index (χ1) is 8.86. The summed E-state index contributed by atoms with van der Waals surface area (Å²) in [4.78, 5) is 13.8. The highest BCUT2D eigenvalue weighted by atomic mass is 35.5. The van der Waals surface area contributed by atoms with Gasteiger partial charge in [-0.2, -0.15) is 0 Å². The van der Waals surface area contributed by atoms with Crippen LogP contribution in [0.2, 0.25) is 5.02 Å². The molecule has 0 aliphatic carbocycles. The summed E-state index contributed by atoms with van der Waals surface area (Å²) in [5, 5.41) is 3.58. The summed E-state index contributed by atoms with van der Waals surface area (Å²) < 4.78 is 4.74. The number of carbonyl (C=O) groups excluding carboxylic acids is 1. The van der Waals surface area contributed by atoms with Crippen molar-refractivity contribution in [2.45, 2.75) is 13.0 Å². The van der Waals surface area contributed by atoms with Gasteiger partial charge in [0.15, 0.2) is 0 Å². The fourth-order valence-electron chi connectivity index (χ4n) is 1.51. The zero-order valence-electron chi connectivity index (χ0n) is 11.7. The number of esters is 1. The molecular formula is C13H20ClN3O2. The number of hydrogen-bond donors (Lipinski definition) is 2. The van der Waals surface area contributed by atoms with E-state index in [2.05, 4.69) is 17.1 Å². The van der Waals surface area contributed by atoms with Crippen LogP contribution in [0.3, 0.4) is 0 Å². The van der Waals surface area contributed by atoms with E-state index in [1.165, 1.54) is 7.11 Å². The second-order valence-electron chi connectivity index (χ2n) is 4.61. The second kappa shape index (κ2) is 6.63. The standard InChI is InChI=1S/C13H20ClN3O2/c1-8(17(2)3)7-16-12-10(13(18)19-4)5-9(15)6-11(12)14/h5-6,8,16H,7,15H2,1-4H3. The number of methoxy groups -OCH3 is 1. The Kier molecular flexibility index (Phi) is 5.44. The molecule has 0 aliphatic rings. The molecule has 0 spiro atoms. The molecule has 0 saturated carbocycles. The molecule has 0 fully saturated rings. The van der Waals surface area contributed by atoms with Crippen LogP contribution in [0.5, 0.6) is 0 Å². The number of nitrogen functional groups attached to an aromatic ring is 1. The van der Waals surface area contributed by atoms with Crippen molar-refractivity contribution in [1.82, 2.24) is 4.90 Å². The molecule has 0 radical (unpaired) electrons. The van der Waals surface area contributed by atoms with Crippen LogP contribution < -0.4 is 11.1 Å². The number of benzene rings is 1. The normalized spacial score (nSPS) is 12.3. The van der Waals surface area contributed by atoms with Gasteiger partial charge in [-0.1, -0.05) is 11.6 Å². The largest absolute Gasteiger partial charge is 0.465 e. The molecule has 1 rings (SSSR count). The van der Waals surface area contributed by atoms with Crippen molar-refractivity contribution in [3.63, 3.8) is 0 Å². The first kappa shape index (κ1) is 15.6. The number of rotatable bonds is 5. The monoisotopic (exact) mass is 285 g/mol. The molecule has 1 aromatic rings. The topological polar surface area (TPSA) is 67.6 Å². The first-order valence-electron chi connectivity index (χ1n) is 5.94. The first-order valence-corrected chi connectivity index (χ1v) is 6.32. The van der Waals surface area contributed by atoms with E-state index in [-0.39, 0.29) is 0 Å². The minimum absolute atomic E-state index is 0.291. The molecule has 1 unspecified atom stereocenters. The Bertz CT molecular complexity index is 463. The van der Waals surface area contributed by atoms with Gasteiger partial charge in [0, 0.05) is 18.3 Å². The molecule has 3 N–H and O–H groups in total. The molecule has 0 saturated heterocycles. The second-order valence-corrected chi connectivity index (χ2v) is 5.02. The lowest BCUT2D eigenvalue weighted by Crippen LogP contribution is -2.32. The van der Waals surface area contributed by atoms with Crippen LogP contribution in [0.15, 0.2) is 12.1 Å². The van der Waals surface area contributed by atoms with E-state index in [9.17, 15) is 4.79 Å². The third kappa shape index (κ3) is 4.01. The van der Waals surface area contributed by atoms with E-state index < -0.39 is 5.97 Å². The molecule has 19 heavy (non-hydrogen) atoms. The molecule has 0 heterocycles. The van der Waals surface area contributed by atoms with E-state index >= 15 is 0 Å². The predicted molar refractivity (Wildman–Crippen MR) is 78.8 cm³/mol. The number of nitrogens with two attached hydrogens (primary N) is 1. The van der Waals surface area contributed by atoms with Gasteiger partial charge < -0.3 is 20.7 Å². The number of hydrogen-bond acceptors (Lipinski definition) is 5. The van der Waals surface area contributed by atoms with Crippen molar-refractivity contribution in [2.24, 2.45) is 0 Å². The molecule has 5 nitrogen and oxygen atoms in total. The number of anilines is 2. The molecule has 0 bridgehead atoms. The van der Waals surface area contributed by atoms with Crippen molar-refractivity contribution < 1.29 is 9.53 Å². The van der Waals surface area contributed by atoms with Gasteiger partial charge >= 0.3 is 5.97 Å². The Hall–Kier alpha value is -1.46. The van der Waals surface area contributed by atoms with Gasteiger partial charge in [0.1, 0.15) is 0 Å². The Morgan fingerprint density at radius 1 is 1.53 bits per heavy atom. The summed E-state index contributed by atoms with van der Waals surface area (Å²) >= 11 is 6.13. The average molecular weight is 286 g/mol. The Morgan fingerprint density at radius 2 is 2.16 bits per heavy atom. The van der Waals surface area contributed by atoms with Gasteiger partial charge in [-0.15, -0.1) is 0 Å². The van der Waals surface area contributed by atoms with Crippen LogP contribution >= 0.6 is 11.6 Å². The van der Waals surface area contributed by atoms with Crippen molar-refractivity contribution >= 4 is 28.9 Å². The number of halogens is 1. The van der Waals surface area contributed by atoms with Crippen molar-refractivity contribution in [3.05, 3.63) is 22.7 Å². The molecule has 1 aromatic carbocycles. The molecule has 106 valence electrons. The number of ether oxygens (including phenoxy) is 1. The summed E-state index contributed by atoms with van der Waals surface area (Å²) in [6.07, 6.45) is 0. The van der Waals surface area contributed by atoms with Crippen molar-refractivity contribution in [3.8, 4) is 0 Å². The smallest absolute Gasteiger partial charge is 0.340 e. The van der Waals surface area contributed by atoms with Gasteiger partial charge in [-0.25, -0.2) is 4.79 Å². The SMILES string of the molecule is COC(=O)c1cc(N)cc(Cl)c1NCC(C)N(C)C. The molecular weight excluding hydrogens is 266 g/mol. The minimum atomic E-state index is -0.464. The van der Waals surface area contributed by atoms with Gasteiger partial charge in [0.2, 0.25) is 0 Å². The highest BCUT2D eigenvalue weighted by Crippen LogP contribution is 2.29. The van der Waals surface area contributed by atoms with Crippen molar-refractivity contribution in [1.29, 1.82) is 0 Å². The fourth-order valence-corrected chi connectivity index (χ4v) is 1.81. The van der Waals surface area contributed by atoms with Gasteiger partial charge in [-0.3, -0.25) is 0 Å². The Labute approximate surface area is 118 Å². The van der Waals surface area contributed by atoms with E-state index in [1.807, 2.05) is 14.1 Å². The summed E-state index contributed by atoms with van der Waals surface area (Å²) in [6.45, 7) is 2.72. The van der Waals surface area contributed by atoms with E-state index in [0.717, 1.165) is 0 Å². The fraction of sp³-hybridized carbons (Fsp3) is 0.462. The third-order valence-electron chi connectivity index (χ3n) is 2.97. The minimum Gasteiger partial charge on any atom is -0.465 e. The lowest BCUT2D eigenvalue weighted by Gasteiger charge is -2.22. The van der Waals surface area contributed by atoms with E-state index in [1.54, 1.807) is 12.1 Å². The number of nitrogens with zero attached hydrogens (tertiary/aromatic N) is 1. The molecule has 0 aliphatic heterocycles. The summed E-state index contributed by atoms with van der Waals surface area (Å²) in [7, 11) is 5.29. The summed E-state index contributed by atoms with van der Waals surface area (Å²) in [6, 6.07) is 3.45. The maximum Gasteiger partial charge on any atom is 0.340 e. The number of nitrogens with one attached hydrogen (secondary N) is 1.